The molecular formula is C77H147NO8. The van der Waals surface area contributed by atoms with Gasteiger partial charge in [0.05, 0.1) is 40.3 Å². The number of unbranched alkanes of at least 4 members (excludes halogenated alkanes) is 53. The smallest absolute Gasteiger partial charge is 0.306 e. The number of hydrogen-bond acceptors (Lipinski definition) is 8. The minimum Gasteiger partial charge on any atom is -0.545 e. The SMILES string of the molecule is CCCCCCC/C=C\C/C=C\CCCCCCCCCCCCCCCCCCCCCCCCCCCCCC(=O)OC(COC(=O)CCCCCCCCCCCCCCCCCCCCCCCC)COC(OCC[N+](C)(C)C)C(=O)[O-]. The van der Waals surface area contributed by atoms with E-state index in [4.69, 9.17) is 18.9 Å². The molecule has 0 aliphatic heterocycles. The first-order valence-corrected chi connectivity index (χ1v) is 38.0. The predicted molar refractivity (Wildman–Crippen MR) is 366 cm³/mol. The van der Waals surface area contributed by atoms with Crippen molar-refractivity contribution >= 4 is 17.9 Å². The van der Waals surface area contributed by atoms with Gasteiger partial charge in [-0.3, -0.25) is 9.59 Å². The first kappa shape index (κ1) is 83.8. The summed E-state index contributed by atoms with van der Waals surface area (Å²) in [5.41, 5.74) is 0. The Morgan fingerprint density at radius 3 is 0.919 bits per heavy atom. The number of aliphatic carboxylic acids is 1. The number of hydrogen-bond donors (Lipinski definition) is 0. The lowest BCUT2D eigenvalue weighted by Gasteiger charge is -2.26. The summed E-state index contributed by atoms with van der Waals surface area (Å²) in [4.78, 5) is 37.5. The van der Waals surface area contributed by atoms with E-state index >= 15 is 0 Å². The van der Waals surface area contributed by atoms with Crippen molar-refractivity contribution in [1.29, 1.82) is 0 Å². The summed E-state index contributed by atoms with van der Waals surface area (Å²) < 4.78 is 22.8. The molecule has 0 aromatic carbocycles. The Bertz CT molecular complexity index is 1460. The molecule has 0 rings (SSSR count). The van der Waals surface area contributed by atoms with Crippen molar-refractivity contribution in [2.75, 3.05) is 47.5 Å². The van der Waals surface area contributed by atoms with E-state index in [-0.39, 0.29) is 32.2 Å². The Labute approximate surface area is 535 Å². The molecule has 0 heterocycles. The molecule has 0 fully saturated rings. The van der Waals surface area contributed by atoms with E-state index in [1.54, 1.807) is 0 Å². The molecule has 0 amide bonds. The van der Waals surface area contributed by atoms with E-state index in [0.717, 1.165) is 44.9 Å². The lowest BCUT2D eigenvalue weighted by atomic mass is 10.0. The largest absolute Gasteiger partial charge is 0.545 e. The maximum absolute atomic E-state index is 12.9. The van der Waals surface area contributed by atoms with Crippen molar-refractivity contribution in [3.63, 3.8) is 0 Å². The Kier molecular flexibility index (Phi) is 66.9. The first-order valence-electron chi connectivity index (χ1n) is 38.0. The Morgan fingerprint density at radius 1 is 0.349 bits per heavy atom. The number of ether oxygens (including phenoxy) is 4. The van der Waals surface area contributed by atoms with Gasteiger partial charge in [-0.25, -0.2) is 0 Å². The molecule has 0 bridgehead atoms. The van der Waals surface area contributed by atoms with Crippen LogP contribution in [0, 0.1) is 0 Å². The van der Waals surface area contributed by atoms with E-state index in [2.05, 4.69) is 38.2 Å². The second-order valence-electron chi connectivity index (χ2n) is 27.3. The molecule has 0 aliphatic rings. The molecule has 86 heavy (non-hydrogen) atoms. The second-order valence-corrected chi connectivity index (χ2v) is 27.3. The number of rotatable bonds is 72. The third-order valence-electron chi connectivity index (χ3n) is 17.5. The molecule has 9 heteroatoms. The van der Waals surface area contributed by atoms with Crippen LogP contribution in [0.1, 0.15) is 393 Å². The molecule has 2 unspecified atom stereocenters. The van der Waals surface area contributed by atoms with Crippen LogP contribution in [0.25, 0.3) is 0 Å². The average Bonchev–Trinajstić information content (AvgIpc) is 3.63. The summed E-state index contributed by atoms with van der Waals surface area (Å²) in [5, 5.41) is 11.8. The number of nitrogens with zero attached hydrogens (tertiary/aromatic N) is 1. The Balaban J connectivity index is 3.94. The van der Waals surface area contributed by atoms with E-state index in [9.17, 15) is 19.5 Å². The van der Waals surface area contributed by atoms with E-state index < -0.39 is 24.3 Å². The third-order valence-corrected chi connectivity index (χ3v) is 17.5. The summed E-state index contributed by atoms with van der Waals surface area (Å²) in [7, 11) is 5.95. The molecule has 0 radical (unpaired) electrons. The van der Waals surface area contributed by atoms with Crippen LogP contribution in [0.3, 0.4) is 0 Å². The highest BCUT2D eigenvalue weighted by Gasteiger charge is 2.22. The predicted octanol–water partition coefficient (Wildman–Crippen LogP) is 22.4. The van der Waals surface area contributed by atoms with Crippen molar-refractivity contribution in [2.24, 2.45) is 0 Å². The van der Waals surface area contributed by atoms with Crippen molar-refractivity contribution in [1.82, 2.24) is 0 Å². The molecule has 0 N–H and O–H groups in total. The van der Waals surface area contributed by atoms with Crippen molar-refractivity contribution in [3.05, 3.63) is 24.3 Å². The molecule has 0 saturated carbocycles. The Morgan fingerprint density at radius 2 is 0.628 bits per heavy atom. The zero-order chi connectivity index (χ0) is 62.6. The number of allylic oxidation sites excluding steroid dienone is 4. The average molecular weight is 1220 g/mol. The summed E-state index contributed by atoms with van der Waals surface area (Å²) in [5.74, 6) is -2.25. The first-order chi connectivity index (χ1) is 42.1. The lowest BCUT2D eigenvalue weighted by molar-refractivity contribution is -0.870. The van der Waals surface area contributed by atoms with Gasteiger partial charge >= 0.3 is 11.9 Å². The van der Waals surface area contributed by atoms with Gasteiger partial charge in [-0.2, -0.15) is 0 Å². The molecule has 9 nitrogen and oxygen atoms in total. The number of carbonyl (C=O) groups excluding carboxylic acids is 3. The van der Waals surface area contributed by atoms with Crippen molar-refractivity contribution in [3.8, 4) is 0 Å². The quantitative estimate of drug-likeness (QED) is 0.0195. The zero-order valence-corrected chi connectivity index (χ0v) is 58.2. The number of carbonyl (C=O) groups is 3. The molecule has 0 aliphatic carbocycles. The van der Waals surface area contributed by atoms with Crippen molar-refractivity contribution < 1.29 is 42.9 Å². The number of likely N-dealkylation sites (N-methyl/N-ethyl adjacent to an activating group) is 1. The van der Waals surface area contributed by atoms with E-state index in [1.165, 1.54) is 321 Å². The topological polar surface area (TPSA) is 111 Å². The van der Waals surface area contributed by atoms with Crippen LogP contribution in [0.15, 0.2) is 24.3 Å². The second kappa shape index (κ2) is 68.7. The maximum atomic E-state index is 12.9. The summed E-state index contributed by atoms with van der Waals surface area (Å²) in [6.07, 6.45) is 83.0. The lowest BCUT2D eigenvalue weighted by Crippen LogP contribution is -2.44. The normalized spacial score (nSPS) is 12.7. The highest BCUT2D eigenvalue weighted by molar-refractivity contribution is 5.70. The molecule has 0 saturated heterocycles. The van der Waals surface area contributed by atoms with Gasteiger partial charge in [0.2, 0.25) is 0 Å². The molecule has 0 aromatic rings. The minimum atomic E-state index is -1.62. The van der Waals surface area contributed by atoms with Gasteiger partial charge in [0.1, 0.15) is 13.2 Å². The summed E-state index contributed by atoms with van der Waals surface area (Å²) in [6, 6.07) is 0. The third kappa shape index (κ3) is 69.2. The molecular weight excluding hydrogens is 1070 g/mol. The van der Waals surface area contributed by atoms with Gasteiger partial charge in [0.25, 0.3) is 0 Å². The van der Waals surface area contributed by atoms with Crippen LogP contribution in [0.4, 0.5) is 0 Å². The monoisotopic (exact) mass is 1210 g/mol. The fraction of sp³-hybridized carbons (Fsp3) is 0.909. The maximum Gasteiger partial charge on any atom is 0.306 e. The zero-order valence-electron chi connectivity index (χ0n) is 58.2. The number of carboxylic acids is 1. The fourth-order valence-corrected chi connectivity index (χ4v) is 11.6. The van der Waals surface area contributed by atoms with Crippen molar-refractivity contribution in [2.45, 2.75) is 405 Å². The summed E-state index contributed by atoms with van der Waals surface area (Å²) >= 11 is 0. The molecule has 0 spiro atoms. The van der Waals surface area contributed by atoms with Gasteiger partial charge < -0.3 is 33.3 Å². The fourth-order valence-electron chi connectivity index (χ4n) is 11.6. The van der Waals surface area contributed by atoms with Gasteiger partial charge in [0, 0.05) is 12.8 Å². The van der Waals surface area contributed by atoms with Gasteiger partial charge in [-0.1, -0.05) is 359 Å². The van der Waals surface area contributed by atoms with Gasteiger partial charge in [-0.15, -0.1) is 0 Å². The molecule has 0 aromatic heterocycles. The van der Waals surface area contributed by atoms with Crippen LogP contribution in [-0.2, 0) is 33.3 Å². The van der Waals surface area contributed by atoms with Crippen LogP contribution in [0.2, 0.25) is 0 Å². The van der Waals surface area contributed by atoms with Gasteiger partial charge in [-0.05, 0) is 44.9 Å². The summed E-state index contributed by atoms with van der Waals surface area (Å²) in [6.45, 7) is 4.82. The molecule has 2 atom stereocenters. The highest BCUT2D eigenvalue weighted by atomic mass is 16.7. The Hall–Kier alpha value is -2.23. The van der Waals surface area contributed by atoms with Gasteiger partial charge in [0.15, 0.2) is 12.4 Å². The highest BCUT2D eigenvalue weighted by Crippen LogP contribution is 2.20. The van der Waals surface area contributed by atoms with Crippen LogP contribution in [-0.4, -0.2) is 82.3 Å². The molecule has 508 valence electrons. The van der Waals surface area contributed by atoms with Crippen LogP contribution >= 0.6 is 0 Å². The van der Waals surface area contributed by atoms with E-state index in [0.29, 0.717) is 17.4 Å². The van der Waals surface area contributed by atoms with Crippen LogP contribution in [0.5, 0.6) is 0 Å². The number of carboxylic acid groups (broad SMARTS) is 1. The number of esters is 2. The van der Waals surface area contributed by atoms with Crippen LogP contribution < -0.4 is 5.11 Å². The number of quaternary nitrogens is 1. The van der Waals surface area contributed by atoms with E-state index in [1.807, 2.05) is 21.1 Å². The standard InChI is InChI=1S/C77H147NO8/c1-6-8-10-12-14-16-18-20-22-24-26-28-30-31-32-33-34-35-36-37-38-39-40-41-42-43-44-45-46-48-50-52-54-56-58-60-62-64-66-68-75(80)86-73(72-85-77(76(81)82)83-70-69-78(3,4)5)71-84-74(79)67-65-63-61-59-57-55-53-51-49-47-29-27-25-23-21-19-17-15-13-11-9-7-2/h18,20,24,26,73,77H,6-17,19,21-23,25,27-72H2,1-5H3/b20-18-,26-24-. The minimum absolute atomic E-state index is 0.152.